The van der Waals surface area contributed by atoms with Gasteiger partial charge in [0.25, 0.3) is 0 Å². The first-order chi connectivity index (χ1) is 5.57. The van der Waals surface area contributed by atoms with Crippen LogP contribution >= 0.6 is 0 Å². The van der Waals surface area contributed by atoms with Crippen molar-refractivity contribution in [1.82, 2.24) is 0 Å². The Hall–Kier alpha value is -0.590. The predicted octanol–water partition coefficient (Wildman–Crippen LogP) is 3.35. The van der Waals surface area contributed by atoms with Crippen LogP contribution in [0.25, 0.3) is 0 Å². The van der Waals surface area contributed by atoms with Crippen LogP contribution in [-0.4, -0.2) is 6.29 Å². The summed E-state index contributed by atoms with van der Waals surface area (Å²) >= 11 is 0. The van der Waals surface area contributed by atoms with Gasteiger partial charge < -0.3 is 4.79 Å². The molecule has 0 unspecified atom stereocenters. The maximum Gasteiger partial charge on any atom is 0.120 e. The molecule has 0 aliphatic rings. The van der Waals surface area contributed by atoms with E-state index in [2.05, 4.69) is 27.7 Å². The lowest BCUT2D eigenvalue weighted by atomic mass is 9.98. The zero-order valence-corrected chi connectivity index (χ0v) is 8.68. The van der Waals surface area contributed by atoms with Gasteiger partial charge in [0.2, 0.25) is 0 Å². The van der Waals surface area contributed by atoms with Crippen LogP contribution in [0.3, 0.4) is 0 Å². The molecule has 0 spiro atoms. The van der Waals surface area contributed by atoms with Gasteiger partial charge in [0.15, 0.2) is 0 Å². The second-order valence-corrected chi connectivity index (χ2v) is 3.83. The van der Waals surface area contributed by atoms with Gasteiger partial charge in [-0.2, -0.15) is 0 Å². The van der Waals surface area contributed by atoms with E-state index in [4.69, 9.17) is 0 Å². The van der Waals surface area contributed by atoms with Crippen LogP contribution in [0.1, 0.15) is 47.0 Å². The van der Waals surface area contributed by atoms with Gasteiger partial charge in [-0.1, -0.05) is 18.1 Å². The van der Waals surface area contributed by atoms with Crippen molar-refractivity contribution in [3.05, 3.63) is 11.1 Å². The van der Waals surface area contributed by atoms with Crippen molar-refractivity contribution in [2.24, 2.45) is 5.92 Å². The molecule has 0 amide bonds. The van der Waals surface area contributed by atoms with E-state index in [1.54, 1.807) is 0 Å². The molecule has 0 fully saturated rings. The summed E-state index contributed by atoms with van der Waals surface area (Å²) in [4.78, 5) is 10.2. The van der Waals surface area contributed by atoms with Crippen LogP contribution in [0, 0.1) is 5.92 Å². The van der Waals surface area contributed by atoms with Crippen molar-refractivity contribution in [2.45, 2.75) is 47.0 Å². The quantitative estimate of drug-likeness (QED) is 0.454. The fourth-order valence-electron chi connectivity index (χ4n) is 0.995. The number of hydrogen-bond donors (Lipinski definition) is 0. The fourth-order valence-corrected chi connectivity index (χ4v) is 0.995. The van der Waals surface area contributed by atoms with Crippen molar-refractivity contribution in [3.8, 4) is 0 Å². The van der Waals surface area contributed by atoms with Crippen LogP contribution < -0.4 is 0 Å². The van der Waals surface area contributed by atoms with Gasteiger partial charge in [0.05, 0.1) is 0 Å². The van der Waals surface area contributed by atoms with Gasteiger partial charge in [-0.15, -0.1) is 0 Å². The fraction of sp³-hybridized carbons (Fsp3) is 0.727. The third-order valence-corrected chi connectivity index (χ3v) is 2.36. The summed E-state index contributed by atoms with van der Waals surface area (Å²) in [6.45, 7) is 8.58. The molecular weight excluding hydrogens is 148 g/mol. The molecule has 0 radical (unpaired) electrons. The van der Waals surface area contributed by atoms with Crippen molar-refractivity contribution in [1.29, 1.82) is 0 Å². The summed E-state index contributed by atoms with van der Waals surface area (Å²) in [6.07, 6.45) is 3.99. The van der Waals surface area contributed by atoms with Crippen LogP contribution in [-0.2, 0) is 4.79 Å². The van der Waals surface area contributed by atoms with E-state index in [9.17, 15) is 4.79 Å². The van der Waals surface area contributed by atoms with Gasteiger partial charge in [0.1, 0.15) is 6.29 Å². The van der Waals surface area contributed by atoms with E-state index < -0.39 is 0 Å². The molecule has 0 aliphatic heterocycles. The topological polar surface area (TPSA) is 17.1 Å². The number of aldehydes is 1. The zero-order valence-electron chi connectivity index (χ0n) is 8.68. The highest BCUT2D eigenvalue weighted by Gasteiger charge is 2.01. The lowest BCUT2D eigenvalue weighted by Gasteiger charge is -2.08. The molecular formula is C11H20O. The number of allylic oxidation sites excluding steroid dienone is 2. The number of hydrogen-bond acceptors (Lipinski definition) is 1. The van der Waals surface area contributed by atoms with Crippen LogP contribution in [0.2, 0.25) is 0 Å². The number of rotatable bonds is 5. The Labute approximate surface area is 75.9 Å². The normalized spacial score (nSPS) is 12.3. The Balaban J connectivity index is 3.68. The molecule has 0 aromatic heterocycles. The molecule has 0 bridgehead atoms. The van der Waals surface area contributed by atoms with Crippen molar-refractivity contribution >= 4 is 6.29 Å². The van der Waals surface area contributed by atoms with E-state index in [1.165, 1.54) is 11.1 Å². The molecule has 0 N–H and O–H groups in total. The van der Waals surface area contributed by atoms with Gasteiger partial charge in [-0.3, -0.25) is 0 Å². The molecule has 0 heterocycles. The minimum Gasteiger partial charge on any atom is -0.303 e. The summed E-state index contributed by atoms with van der Waals surface area (Å²) in [5.74, 6) is 0.539. The average molecular weight is 168 g/mol. The minimum atomic E-state index is 0.539. The van der Waals surface area contributed by atoms with Gasteiger partial charge >= 0.3 is 0 Å². The highest BCUT2D eigenvalue weighted by atomic mass is 16.1. The highest BCUT2D eigenvalue weighted by molar-refractivity contribution is 5.49. The van der Waals surface area contributed by atoms with E-state index in [-0.39, 0.29) is 0 Å². The molecule has 0 aliphatic carbocycles. The third kappa shape index (κ3) is 5.11. The molecule has 0 aromatic rings. The first-order valence-corrected chi connectivity index (χ1v) is 4.64. The first kappa shape index (κ1) is 11.4. The first-order valence-electron chi connectivity index (χ1n) is 4.64. The minimum absolute atomic E-state index is 0.539. The summed E-state index contributed by atoms with van der Waals surface area (Å²) in [5, 5.41) is 0. The maximum absolute atomic E-state index is 10.2. The Morgan fingerprint density at radius 2 is 1.92 bits per heavy atom. The monoisotopic (exact) mass is 168 g/mol. The Kier molecular flexibility index (Phi) is 5.69. The third-order valence-electron chi connectivity index (χ3n) is 2.36. The van der Waals surface area contributed by atoms with Gasteiger partial charge in [0, 0.05) is 6.42 Å². The summed E-state index contributed by atoms with van der Waals surface area (Å²) in [5.41, 5.74) is 2.88. The molecule has 1 atom stereocenters. The lowest BCUT2D eigenvalue weighted by molar-refractivity contribution is -0.108. The lowest BCUT2D eigenvalue weighted by Crippen LogP contribution is -1.96. The Morgan fingerprint density at radius 3 is 2.33 bits per heavy atom. The SMILES string of the molecule is CC(C)=C(C)CC[C@H](C)CC=O. The van der Waals surface area contributed by atoms with E-state index in [0.717, 1.165) is 19.1 Å². The highest BCUT2D eigenvalue weighted by Crippen LogP contribution is 2.15. The van der Waals surface area contributed by atoms with E-state index in [0.29, 0.717) is 12.3 Å². The second-order valence-electron chi connectivity index (χ2n) is 3.83. The average Bonchev–Trinajstić information content (AvgIpc) is 2.00. The summed E-state index contributed by atoms with van der Waals surface area (Å²) in [6, 6.07) is 0. The molecule has 0 saturated heterocycles. The zero-order chi connectivity index (χ0) is 9.56. The van der Waals surface area contributed by atoms with Crippen LogP contribution in [0.4, 0.5) is 0 Å². The number of carbonyl (C=O) groups excluding carboxylic acids is 1. The molecule has 70 valence electrons. The molecule has 1 heteroatoms. The van der Waals surface area contributed by atoms with E-state index >= 15 is 0 Å². The molecule has 0 aromatic carbocycles. The van der Waals surface area contributed by atoms with Gasteiger partial charge in [-0.05, 0) is 39.5 Å². The van der Waals surface area contributed by atoms with Crippen molar-refractivity contribution in [2.75, 3.05) is 0 Å². The van der Waals surface area contributed by atoms with Crippen LogP contribution in [0.5, 0.6) is 0 Å². The Morgan fingerprint density at radius 1 is 1.33 bits per heavy atom. The summed E-state index contributed by atoms with van der Waals surface area (Å²) < 4.78 is 0. The van der Waals surface area contributed by atoms with Crippen LogP contribution in [0.15, 0.2) is 11.1 Å². The van der Waals surface area contributed by atoms with E-state index in [1.807, 2.05) is 0 Å². The maximum atomic E-state index is 10.2. The van der Waals surface area contributed by atoms with Crippen molar-refractivity contribution in [3.63, 3.8) is 0 Å². The van der Waals surface area contributed by atoms with Gasteiger partial charge in [-0.25, -0.2) is 0 Å². The number of carbonyl (C=O) groups is 1. The molecule has 0 rings (SSSR count). The molecule has 12 heavy (non-hydrogen) atoms. The summed E-state index contributed by atoms with van der Waals surface area (Å²) in [7, 11) is 0. The second kappa shape index (κ2) is 5.99. The van der Waals surface area contributed by atoms with Crippen molar-refractivity contribution < 1.29 is 4.79 Å². The predicted molar refractivity (Wildman–Crippen MR) is 53.1 cm³/mol. The molecule has 0 saturated carbocycles. The largest absolute Gasteiger partial charge is 0.303 e. The molecule has 1 nitrogen and oxygen atoms in total. The Bertz CT molecular complexity index is 164. The smallest absolute Gasteiger partial charge is 0.120 e. The standard InChI is InChI=1S/C11H20O/c1-9(2)11(4)6-5-10(3)7-8-12/h8,10H,5-7H2,1-4H3/t10-/m0/s1.